The second kappa shape index (κ2) is 14.2. The second-order valence-electron chi connectivity index (χ2n) is 5.89. The summed E-state index contributed by atoms with van der Waals surface area (Å²) >= 11 is 1.52. The molecule has 0 spiro atoms. The second-order valence-corrected chi connectivity index (χ2v) is 6.75. The number of benzene rings is 1. The van der Waals surface area contributed by atoms with Gasteiger partial charge < -0.3 is 10.1 Å². The Morgan fingerprint density at radius 3 is 2.83 bits per heavy atom. The van der Waals surface area contributed by atoms with Crippen LogP contribution in [-0.2, 0) is 0 Å². The molecule has 0 saturated heterocycles. The average Bonchev–Trinajstić information content (AvgIpc) is 3.21. The maximum atomic E-state index is 9.28. The third-order valence-electron chi connectivity index (χ3n) is 3.85. The van der Waals surface area contributed by atoms with Crippen molar-refractivity contribution in [1.29, 1.82) is 5.26 Å². The van der Waals surface area contributed by atoms with Crippen LogP contribution >= 0.6 is 11.3 Å². The number of nitrogens with zero attached hydrogens (tertiary/aromatic N) is 2. The summed E-state index contributed by atoms with van der Waals surface area (Å²) in [5, 5.41) is 15.3. The Bertz CT molecular complexity index is 866. The number of anilines is 2. The van der Waals surface area contributed by atoms with Gasteiger partial charge in [0.25, 0.3) is 0 Å². The third kappa shape index (κ3) is 7.97. The molecule has 156 valence electrons. The van der Waals surface area contributed by atoms with Crippen LogP contribution in [0, 0.1) is 11.3 Å². The van der Waals surface area contributed by atoms with E-state index >= 15 is 0 Å². The van der Waals surface area contributed by atoms with Crippen LogP contribution in [0.25, 0.3) is 5.57 Å². The lowest BCUT2D eigenvalue weighted by molar-refractivity contribution is 0.305. The standard InChI is InChI=1S/C22H25N3OS.C2H6.H2/c1-4-7-9-13-26-21-14-19(12-11-18(21)15-23)24-22-25-20(16-27-22)17(6-3)10-8-5-2;1-2;/h5-6,8,10-12,14,16H,3-4,7,9,13H2,1-2H3,(H,24,25);1-2H3;1H/b8-5-,17-10+;;. The topological polar surface area (TPSA) is 57.9 Å². The molecule has 5 heteroatoms. The molecule has 0 unspecified atom stereocenters. The Morgan fingerprint density at radius 1 is 1.38 bits per heavy atom. The number of unbranched alkanes of at least 4 members (excludes halogenated alkanes) is 2. The van der Waals surface area contributed by atoms with Gasteiger partial charge in [0.2, 0.25) is 0 Å². The normalized spacial score (nSPS) is 10.8. The molecule has 0 fully saturated rings. The van der Waals surface area contributed by atoms with Crippen molar-refractivity contribution in [1.82, 2.24) is 4.98 Å². The molecule has 29 heavy (non-hydrogen) atoms. The minimum atomic E-state index is 0. The van der Waals surface area contributed by atoms with Crippen molar-refractivity contribution < 1.29 is 6.16 Å². The van der Waals surface area contributed by atoms with Crippen molar-refractivity contribution in [2.45, 2.75) is 47.0 Å². The van der Waals surface area contributed by atoms with Gasteiger partial charge in [-0.3, -0.25) is 0 Å². The molecule has 0 aliphatic heterocycles. The molecule has 0 aliphatic carbocycles. The molecule has 1 aromatic carbocycles. The largest absolute Gasteiger partial charge is 0.492 e. The first-order valence-electron chi connectivity index (χ1n) is 10.1. The van der Waals surface area contributed by atoms with Crippen molar-refractivity contribution >= 4 is 27.7 Å². The average molecular weight is 412 g/mol. The highest BCUT2D eigenvalue weighted by atomic mass is 32.1. The van der Waals surface area contributed by atoms with E-state index in [9.17, 15) is 5.26 Å². The monoisotopic (exact) mass is 411 g/mol. The molecule has 0 amide bonds. The lowest BCUT2D eigenvalue weighted by Gasteiger charge is -2.10. The molecule has 1 heterocycles. The number of thiazole rings is 1. The summed E-state index contributed by atoms with van der Waals surface area (Å²) in [5.41, 5.74) is 3.23. The Balaban J connectivity index is 0.00000272. The first-order valence-corrected chi connectivity index (χ1v) is 10.9. The summed E-state index contributed by atoms with van der Waals surface area (Å²) in [5.74, 6) is 0.607. The van der Waals surface area contributed by atoms with Gasteiger partial charge in [0.1, 0.15) is 11.8 Å². The van der Waals surface area contributed by atoms with Gasteiger partial charge in [-0.1, -0.05) is 64.5 Å². The minimum absolute atomic E-state index is 0. The Morgan fingerprint density at radius 2 is 2.17 bits per heavy atom. The number of rotatable bonds is 10. The first kappa shape index (κ1) is 24.2. The molecule has 0 aliphatic rings. The fourth-order valence-corrected chi connectivity index (χ4v) is 3.13. The number of allylic oxidation sites excluding steroid dienone is 5. The molecule has 4 nitrogen and oxygen atoms in total. The molecule has 0 radical (unpaired) electrons. The maximum Gasteiger partial charge on any atom is 0.187 e. The van der Waals surface area contributed by atoms with E-state index in [1.807, 2.05) is 56.5 Å². The van der Waals surface area contributed by atoms with Crippen molar-refractivity contribution in [3.8, 4) is 11.8 Å². The van der Waals surface area contributed by atoms with Crippen LogP contribution < -0.4 is 10.1 Å². The van der Waals surface area contributed by atoms with Crippen LogP contribution in [0.15, 0.2) is 54.5 Å². The van der Waals surface area contributed by atoms with E-state index in [-0.39, 0.29) is 1.43 Å². The Hall–Kier alpha value is -2.84. The predicted molar refractivity (Wildman–Crippen MR) is 128 cm³/mol. The number of hydrogen-bond acceptors (Lipinski definition) is 5. The third-order valence-corrected chi connectivity index (χ3v) is 4.60. The van der Waals surface area contributed by atoms with Gasteiger partial charge in [0.05, 0.1) is 17.9 Å². The molecule has 2 aromatic rings. The van der Waals surface area contributed by atoms with E-state index in [1.54, 1.807) is 12.1 Å². The highest BCUT2D eigenvalue weighted by Gasteiger charge is 2.08. The van der Waals surface area contributed by atoms with Crippen LogP contribution in [0.1, 0.15) is 59.6 Å². The summed E-state index contributed by atoms with van der Waals surface area (Å²) in [6, 6.07) is 7.67. The lowest BCUT2D eigenvalue weighted by Crippen LogP contribution is -2.00. The highest BCUT2D eigenvalue weighted by molar-refractivity contribution is 7.13. The SMILES string of the molecule is C=C/C(=C\C=C/C)c1csc(Nc2ccc(C#N)c(OCCCCC)c2)n1.CC.[HH]. The van der Waals surface area contributed by atoms with E-state index in [4.69, 9.17) is 4.74 Å². The molecule has 1 N–H and O–H groups in total. The van der Waals surface area contributed by atoms with Gasteiger partial charge in [0, 0.05) is 24.1 Å². The summed E-state index contributed by atoms with van der Waals surface area (Å²) < 4.78 is 5.80. The van der Waals surface area contributed by atoms with E-state index in [0.29, 0.717) is 17.9 Å². The number of ether oxygens (including phenoxy) is 1. The zero-order chi connectivity index (χ0) is 21.5. The molecule has 2 rings (SSSR count). The summed E-state index contributed by atoms with van der Waals surface area (Å²) in [7, 11) is 0. The van der Waals surface area contributed by atoms with Gasteiger partial charge in [-0.15, -0.1) is 11.3 Å². The van der Waals surface area contributed by atoms with Crippen molar-refractivity contribution in [3.63, 3.8) is 0 Å². The fourth-order valence-electron chi connectivity index (χ4n) is 2.39. The molecule has 0 atom stereocenters. The van der Waals surface area contributed by atoms with Gasteiger partial charge in [0.15, 0.2) is 5.13 Å². The fraction of sp³-hybridized carbons (Fsp3) is 0.333. The van der Waals surface area contributed by atoms with Crippen LogP contribution in [0.4, 0.5) is 10.8 Å². The minimum Gasteiger partial charge on any atom is -0.492 e. The first-order chi connectivity index (χ1) is 14.2. The van der Waals surface area contributed by atoms with Crippen LogP contribution in [0.2, 0.25) is 0 Å². The van der Waals surface area contributed by atoms with E-state index in [0.717, 1.165) is 41.3 Å². The number of hydrogen-bond donors (Lipinski definition) is 1. The Kier molecular flexibility index (Phi) is 11.8. The van der Waals surface area contributed by atoms with Gasteiger partial charge >= 0.3 is 0 Å². The van der Waals surface area contributed by atoms with Gasteiger partial charge in [-0.05, 0) is 25.5 Å². The smallest absolute Gasteiger partial charge is 0.187 e. The summed E-state index contributed by atoms with van der Waals surface area (Å²) in [6.07, 6.45) is 10.9. The molecule has 0 bridgehead atoms. The van der Waals surface area contributed by atoms with Crippen LogP contribution in [0.5, 0.6) is 5.75 Å². The number of nitrogens with one attached hydrogen (secondary N) is 1. The van der Waals surface area contributed by atoms with Crippen LogP contribution in [-0.4, -0.2) is 11.6 Å². The highest BCUT2D eigenvalue weighted by Crippen LogP contribution is 2.28. The Labute approximate surface area is 180 Å². The molecule has 0 saturated carbocycles. The lowest BCUT2D eigenvalue weighted by atomic mass is 10.2. The van der Waals surface area contributed by atoms with E-state index < -0.39 is 0 Å². The summed E-state index contributed by atoms with van der Waals surface area (Å²) in [4.78, 5) is 4.62. The van der Waals surface area contributed by atoms with Crippen molar-refractivity contribution in [2.75, 3.05) is 11.9 Å². The number of aromatic nitrogens is 1. The van der Waals surface area contributed by atoms with Crippen molar-refractivity contribution in [3.05, 3.63) is 65.7 Å². The molecular weight excluding hydrogens is 378 g/mol. The zero-order valence-electron chi connectivity index (χ0n) is 17.9. The maximum absolute atomic E-state index is 9.28. The van der Waals surface area contributed by atoms with E-state index in [2.05, 4.69) is 29.9 Å². The summed E-state index contributed by atoms with van der Waals surface area (Å²) in [6.45, 7) is 12.6. The van der Waals surface area contributed by atoms with Gasteiger partial charge in [-0.25, -0.2) is 4.98 Å². The number of nitriles is 1. The van der Waals surface area contributed by atoms with E-state index in [1.165, 1.54) is 11.3 Å². The van der Waals surface area contributed by atoms with Crippen molar-refractivity contribution in [2.24, 2.45) is 0 Å². The predicted octanol–water partition coefficient (Wildman–Crippen LogP) is 7.75. The molecule has 1 aromatic heterocycles. The zero-order valence-corrected chi connectivity index (χ0v) is 18.7. The molecular formula is C24H33N3OS. The van der Waals surface area contributed by atoms with Gasteiger partial charge in [-0.2, -0.15) is 5.26 Å². The van der Waals surface area contributed by atoms with Crippen LogP contribution in [0.3, 0.4) is 0 Å². The quantitative estimate of drug-likeness (QED) is 0.321.